The molecule has 0 amide bonds. The fourth-order valence-corrected chi connectivity index (χ4v) is 4.54. The van der Waals surface area contributed by atoms with Crippen molar-refractivity contribution in [2.75, 3.05) is 12.4 Å². The van der Waals surface area contributed by atoms with Gasteiger partial charge in [0, 0.05) is 30.4 Å². The Labute approximate surface area is 175 Å². The summed E-state index contributed by atoms with van der Waals surface area (Å²) in [5.41, 5.74) is 4.74. The van der Waals surface area contributed by atoms with Crippen molar-refractivity contribution < 1.29 is 0 Å². The minimum atomic E-state index is 0.434. The fourth-order valence-electron chi connectivity index (χ4n) is 4.54. The number of imidazole rings is 1. The zero-order chi connectivity index (χ0) is 20.7. The molecule has 0 bridgehead atoms. The first-order chi connectivity index (χ1) is 14.7. The highest BCUT2D eigenvalue weighted by Gasteiger charge is 2.21. The summed E-state index contributed by atoms with van der Waals surface area (Å²) in [4.78, 5) is 14.1. The Morgan fingerprint density at radius 2 is 1.87 bits per heavy atom. The van der Waals surface area contributed by atoms with Crippen LogP contribution in [0.3, 0.4) is 0 Å². The quantitative estimate of drug-likeness (QED) is 0.530. The average molecular weight is 405 g/mol. The molecule has 8 heteroatoms. The Morgan fingerprint density at radius 3 is 2.63 bits per heavy atom. The van der Waals surface area contributed by atoms with Crippen LogP contribution in [-0.4, -0.2) is 48.3 Å². The summed E-state index contributed by atoms with van der Waals surface area (Å²) in [5.74, 6) is 1.67. The highest BCUT2D eigenvalue weighted by Crippen LogP contribution is 2.27. The van der Waals surface area contributed by atoms with Gasteiger partial charge in [-0.15, -0.1) is 5.10 Å². The molecule has 4 aromatic rings. The van der Waals surface area contributed by atoms with Gasteiger partial charge in [0.15, 0.2) is 5.65 Å². The van der Waals surface area contributed by atoms with Crippen LogP contribution in [0.1, 0.15) is 38.4 Å². The number of aryl methyl sites for hydroxylation is 2. The van der Waals surface area contributed by atoms with E-state index in [1.165, 1.54) is 12.8 Å². The van der Waals surface area contributed by atoms with Gasteiger partial charge >= 0.3 is 0 Å². The van der Waals surface area contributed by atoms with Crippen LogP contribution in [0.2, 0.25) is 0 Å². The Kier molecular flexibility index (Phi) is 4.86. The largest absolute Gasteiger partial charge is 0.350 e. The van der Waals surface area contributed by atoms with Gasteiger partial charge in [-0.3, -0.25) is 0 Å². The van der Waals surface area contributed by atoms with Crippen molar-refractivity contribution in [1.82, 2.24) is 34.4 Å². The van der Waals surface area contributed by atoms with E-state index in [9.17, 15) is 0 Å². The molecule has 0 aromatic carbocycles. The molecule has 0 atom stereocenters. The maximum absolute atomic E-state index is 4.90. The molecule has 4 heterocycles. The molecule has 0 saturated heterocycles. The van der Waals surface area contributed by atoms with Gasteiger partial charge in [-0.05, 0) is 64.8 Å². The van der Waals surface area contributed by atoms with E-state index < -0.39 is 0 Å². The molecule has 1 aliphatic rings. The maximum Gasteiger partial charge on any atom is 0.241 e. The summed E-state index contributed by atoms with van der Waals surface area (Å²) in [5, 5.41) is 11.6. The first-order valence-corrected chi connectivity index (χ1v) is 10.8. The zero-order valence-electron chi connectivity index (χ0n) is 17.8. The maximum atomic E-state index is 4.90. The molecular formula is C22H28N8. The molecule has 1 fully saturated rings. The van der Waals surface area contributed by atoms with Crippen molar-refractivity contribution >= 4 is 22.6 Å². The van der Waals surface area contributed by atoms with Crippen LogP contribution in [0.5, 0.6) is 0 Å². The Bertz CT molecular complexity index is 1180. The number of anilines is 1. The van der Waals surface area contributed by atoms with E-state index in [1.54, 1.807) is 0 Å². The topological polar surface area (TPSA) is 85.0 Å². The van der Waals surface area contributed by atoms with E-state index in [-0.39, 0.29) is 0 Å². The van der Waals surface area contributed by atoms with Crippen LogP contribution in [-0.2, 0) is 6.54 Å². The summed E-state index contributed by atoms with van der Waals surface area (Å²) in [6, 6.07) is 7.19. The van der Waals surface area contributed by atoms with Crippen LogP contribution in [0, 0.1) is 6.92 Å². The first-order valence-electron chi connectivity index (χ1n) is 10.8. The van der Waals surface area contributed by atoms with Crippen LogP contribution < -0.4 is 10.6 Å². The van der Waals surface area contributed by atoms with Gasteiger partial charge in [-0.1, -0.05) is 0 Å². The van der Waals surface area contributed by atoms with Crippen LogP contribution in [0.25, 0.3) is 27.9 Å². The molecule has 1 aliphatic carbocycles. The molecule has 0 aliphatic heterocycles. The van der Waals surface area contributed by atoms with E-state index >= 15 is 0 Å². The van der Waals surface area contributed by atoms with Crippen molar-refractivity contribution in [1.29, 1.82) is 0 Å². The minimum Gasteiger partial charge on any atom is -0.350 e. The van der Waals surface area contributed by atoms with Gasteiger partial charge < -0.3 is 15.2 Å². The lowest BCUT2D eigenvalue weighted by molar-refractivity contribution is 0.370. The fraction of sp³-hybridized carbons (Fsp3) is 0.455. The predicted octanol–water partition coefficient (Wildman–Crippen LogP) is 3.41. The van der Waals surface area contributed by atoms with Crippen molar-refractivity contribution in [3.8, 4) is 11.3 Å². The van der Waals surface area contributed by atoms with Gasteiger partial charge in [-0.2, -0.15) is 0 Å². The van der Waals surface area contributed by atoms with Crippen molar-refractivity contribution in [2.24, 2.45) is 0 Å². The molecule has 2 N–H and O–H groups in total. The van der Waals surface area contributed by atoms with E-state index in [1.807, 2.05) is 43.0 Å². The number of hydrogen-bond acceptors (Lipinski definition) is 6. The Morgan fingerprint density at radius 1 is 1.07 bits per heavy atom. The van der Waals surface area contributed by atoms with Gasteiger partial charge in [0.05, 0.1) is 17.4 Å². The summed E-state index contributed by atoms with van der Waals surface area (Å²) < 4.78 is 4.02. The Hall–Kier alpha value is -3.00. The summed E-state index contributed by atoms with van der Waals surface area (Å²) in [6.45, 7) is 4.99. The predicted molar refractivity (Wildman–Crippen MR) is 119 cm³/mol. The lowest BCUT2D eigenvalue weighted by Gasteiger charge is -2.28. The third-order valence-corrected chi connectivity index (χ3v) is 6.26. The second kappa shape index (κ2) is 7.68. The average Bonchev–Trinajstić information content (AvgIpc) is 3.33. The second-order valence-corrected chi connectivity index (χ2v) is 8.07. The number of rotatable bonds is 5. The lowest BCUT2D eigenvalue weighted by atomic mass is 9.91. The van der Waals surface area contributed by atoms with Gasteiger partial charge in [0.2, 0.25) is 5.95 Å². The van der Waals surface area contributed by atoms with Crippen molar-refractivity contribution in [2.45, 2.75) is 58.2 Å². The first kappa shape index (κ1) is 19.0. The number of hydrogen-bond donors (Lipinski definition) is 2. The van der Waals surface area contributed by atoms with E-state index in [0.717, 1.165) is 53.1 Å². The smallest absolute Gasteiger partial charge is 0.241 e. The highest BCUT2D eigenvalue weighted by molar-refractivity contribution is 5.82. The molecule has 4 aromatic heterocycles. The third kappa shape index (κ3) is 3.31. The number of nitrogens with zero attached hydrogens (tertiary/aromatic N) is 6. The number of aromatic nitrogens is 6. The zero-order valence-corrected chi connectivity index (χ0v) is 17.8. The summed E-state index contributed by atoms with van der Waals surface area (Å²) >= 11 is 0. The summed E-state index contributed by atoms with van der Waals surface area (Å²) in [6.07, 6.45) is 8.51. The van der Waals surface area contributed by atoms with Gasteiger partial charge in [0.1, 0.15) is 11.3 Å². The second-order valence-electron chi connectivity index (χ2n) is 8.07. The molecule has 0 spiro atoms. The van der Waals surface area contributed by atoms with E-state index in [2.05, 4.69) is 43.3 Å². The lowest BCUT2D eigenvalue weighted by Crippen LogP contribution is -2.35. The SMILES string of the molecule is CCn1c(C)nc2ccc(-c3ccn4nc(NC5CCC(NC)CC5)ncc34)nc21. The molecule has 156 valence electrons. The summed E-state index contributed by atoms with van der Waals surface area (Å²) in [7, 11) is 2.04. The van der Waals surface area contributed by atoms with Gasteiger partial charge in [-0.25, -0.2) is 19.5 Å². The number of pyridine rings is 1. The molecular weight excluding hydrogens is 376 g/mol. The highest BCUT2D eigenvalue weighted by atomic mass is 15.3. The van der Waals surface area contributed by atoms with Crippen molar-refractivity contribution in [3.05, 3.63) is 36.4 Å². The van der Waals surface area contributed by atoms with E-state index in [4.69, 9.17) is 4.98 Å². The standard InChI is InChI=1S/C22H28N8/c1-4-29-14(2)25-19-10-9-18(27-21(19)29)17-11-12-30-20(17)13-24-22(28-30)26-16-7-5-15(23-3)6-8-16/h9-13,15-16,23H,4-8H2,1-3H3,(H,26,28). The molecule has 30 heavy (non-hydrogen) atoms. The van der Waals surface area contributed by atoms with Crippen LogP contribution in [0.4, 0.5) is 5.95 Å². The Balaban J connectivity index is 1.42. The minimum absolute atomic E-state index is 0.434. The molecule has 0 unspecified atom stereocenters. The monoisotopic (exact) mass is 404 g/mol. The molecule has 1 saturated carbocycles. The normalized spacial score (nSPS) is 19.6. The number of fused-ring (bicyclic) bond motifs is 2. The van der Waals surface area contributed by atoms with Crippen LogP contribution in [0.15, 0.2) is 30.6 Å². The van der Waals surface area contributed by atoms with Crippen LogP contribution >= 0.6 is 0 Å². The van der Waals surface area contributed by atoms with Crippen molar-refractivity contribution in [3.63, 3.8) is 0 Å². The third-order valence-electron chi connectivity index (χ3n) is 6.26. The molecule has 5 rings (SSSR count). The number of nitrogens with one attached hydrogen (secondary N) is 2. The molecule has 8 nitrogen and oxygen atoms in total. The van der Waals surface area contributed by atoms with E-state index in [0.29, 0.717) is 18.0 Å². The van der Waals surface area contributed by atoms with Gasteiger partial charge in [0.25, 0.3) is 0 Å². The molecule has 0 radical (unpaired) electrons.